The van der Waals surface area contributed by atoms with Crippen molar-refractivity contribution in [3.05, 3.63) is 63.1 Å². The second-order valence-corrected chi connectivity index (χ2v) is 6.32. The van der Waals surface area contributed by atoms with Gasteiger partial charge in [0.15, 0.2) is 0 Å². The van der Waals surface area contributed by atoms with E-state index in [9.17, 15) is 0 Å². The van der Waals surface area contributed by atoms with Crippen LogP contribution in [0.1, 0.15) is 29.5 Å². The van der Waals surface area contributed by atoms with Crippen LogP contribution in [0.25, 0.3) is 0 Å². The van der Waals surface area contributed by atoms with Gasteiger partial charge in [0.25, 0.3) is 0 Å². The van der Waals surface area contributed by atoms with E-state index < -0.39 is 5.54 Å². The fraction of sp³-hybridized carbons (Fsp3) is 0.294. The summed E-state index contributed by atoms with van der Waals surface area (Å²) in [6.45, 7) is 0. The van der Waals surface area contributed by atoms with E-state index in [2.05, 4.69) is 6.07 Å². The maximum atomic E-state index is 6.79. The van der Waals surface area contributed by atoms with Crippen molar-refractivity contribution >= 4 is 23.2 Å². The number of methoxy groups -OCH3 is 1. The molecule has 110 valence electrons. The number of benzene rings is 2. The lowest BCUT2D eigenvalue weighted by Gasteiger charge is -2.37. The van der Waals surface area contributed by atoms with Crippen molar-refractivity contribution in [2.75, 3.05) is 7.11 Å². The number of aryl methyl sites for hydroxylation is 1. The molecule has 2 aromatic rings. The van der Waals surface area contributed by atoms with E-state index in [1.165, 1.54) is 5.56 Å². The van der Waals surface area contributed by atoms with Crippen molar-refractivity contribution in [3.63, 3.8) is 0 Å². The van der Waals surface area contributed by atoms with Gasteiger partial charge < -0.3 is 10.5 Å². The normalized spacial score (nSPS) is 21.0. The van der Waals surface area contributed by atoms with Gasteiger partial charge in [-0.15, -0.1) is 0 Å². The third kappa shape index (κ3) is 2.52. The third-order valence-electron chi connectivity index (χ3n) is 4.22. The van der Waals surface area contributed by atoms with Gasteiger partial charge in [-0.3, -0.25) is 0 Å². The highest BCUT2D eigenvalue weighted by molar-refractivity contribution is 6.33. The summed E-state index contributed by atoms with van der Waals surface area (Å²) in [6, 6.07) is 11.6. The van der Waals surface area contributed by atoms with Crippen LogP contribution < -0.4 is 10.5 Å². The molecule has 4 heteroatoms. The van der Waals surface area contributed by atoms with E-state index in [0.29, 0.717) is 10.0 Å². The minimum absolute atomic E-state index is 0.621. The quantitative estimate of drug-likeness (QED) is 0.881. The highest BCUT2D eigenvalue weighted by Crippen LogP contribution is 2.43. The lowest BCUT2D eigenvalue weighted by atomic mass is 9.73. The Bertz CT molecular complexity index is 686. The van der Waals surface area contributed by atoms with Crippen LogP contribution in [0.15, 0.2) is 36.4 Å². The largest absolute Gasteiger partial charge is 0.497 e. The van der Waals surface area contributed by atoms with Crippen LogP contribution in [-0.4, -0.2) is 7.11 Å². The van der Waals surface area contributed by atoms with Gasteiger partial charge in [-0.2, -0.15) is 0 Å². The topological polar surface area (TPSA) is 35.2 Å². The Kier molecular flexibility index (Phi) is 3.87. The summed E-state index contributed by atoms with van der Waals surface area (Å²) in [5, 5.41) is 1.30. The zero-order chi connectivity index (χ0) is 15.0. The highest BCUT2D eigenvalue weighted by Gasteiger charge is 2.36. The predicted octanol–water partition coefficient (Wildman–Crippen LogP) is 4.54. The number of hydrogen-bond acceptors (Lipinski definition) is 2. The second kappa shape index (κ2) is 5.53. The third-order valence-corrected chi connectivity index (χ3v) is 4.79. The van der Waals surface area contributed by atoms with E-state index in [0.717, 1.165) is 36.1 Å². The van der Waals surface area contributed by atoms with E-state index in [1.807, 2.05) is 24.3 Å². The molecule has 21 heavy (non-hydrogen) atoms. The lowest BCUT2D eigenvalue weighted by molar-refractivity contribution is 0.404. The molecule has 0 saturated carbocycles. The fourth-order valence-corrected chi connectivity index (χ4v) is 3.59. The molecule has 0 heterocycles. The summed E-state index contributed by atoms with van der Waals surface area (Å²) in [5.41, 5.74) is 9.38. The number of hydrogen-bond donors (Lipinski definition) is 1. The van der Waals surface area contributed by atoms with Gasteiger partial charge in [-0.1, -0.05) is 29.3 Å². The van der Waals surface area contributed by atoms with Crippen LogP contribution in [-0.2, 0) is 12.0 Å². The molecule has 0 aromatic heterocycles. The Balaban J connectivity index is 2.21. The average molecular weight is 322 g/mol. The Morgan fingerprint density at radius 3 is 2.67 bits per heavy atom. The van der Waals surface area contributed by atoms with Crippen molar-refractivity contribution in [1.82, 2.24) is 0 Å². The molecule has 2 aromatic carbocycles. The van der Waals surface area contributed by atoms with Gasteiger partial charge in [0, 0.05) is 10.0 Å². The van der Waals surface area contributed by atoms with E-state index in [4.69, 9.17) is 33.7 Å². The molecule has 0 aliphatic heterocycles. The van der Waals surface area contributed by atoms with E-state index in [1.54, 1.807) is 13.2 Å². The number of halogens is 2. The Morgan fingerprint density at radius 1 is 1.10 bits per heavy atom. The summed E-state index contributed by atoms with van der Waals surface area (Å²) in [4.78, 5) is 0. The minimum atomic E-state index is -0.621. The van der Waals surface area contributed by atoms with E-state index >= 15 is 0 Å². The van der Waals surface area contributed by atoms with Crippen molar-refractivity contribution < 1.29 is 4.74 Å². The Hall–Kier alpha value is -1.22. The van der Waals surface area contributed by atoms with Crippen LogP contribution in [0.3, 0.4) is 0 Å². The number of nitrogens with two attached hydrogens (primary N) is 1. The first-order valence-corrected chi connectivity index (χ1v) is 7.72. The van der Waals surface area contributed by atoms with Gasteiger partial charge in [-0.25, -0.2) is 0 Å². The molecule has 1 aliphatic rings. The summed E-state index contributed by atoms with van der Waals surface area (Å²) in [5.74, 6) is 0.809. The summed E-state index contributed by atoms with van der Waals surface area (Å²) >= 11 is 12.5. The predicted molar refractivity (Wildman–Crippen MR) is 87.4 cm³/mol. The zero-order valence-corrected chi connectivity index (χ0v) is 13.3. The average Bonchev–Trinajstić information content (AvgIpc) is 2.50. The highest BCUT2D eigenvalue weighted by atomic mass is 35.5. The molecule has 2 N–H and O–H groups in total. The molecule has 0 bridgehead atoms. The lowest BCUT2D eigenvalue weighted by Crippen LogP contribution is -2.41. The monoisotopic (exact) mass is 321 g/mol. The van der Waals surface area contributed by atoms with Crippen molar-refractivity contribution in [2.24, 2.45) is 5.73 Å². The van der Waals surface area contributed by atoms with Crippen LogP contribution in [0.5, 0.6) is 5.75 Å². The molecular formula is C17H17Cl2NO. The molecule has 2 nitrogen and oxygen atoms in total. The molecule has 1 atom stereocenters. The number of ether oxygens (including phenoxy) is 1. The van der Waals surface area contributed by atoms with Gasteiger partial charge in [0.05, 0.1) is 12.6 Å². The summed E-state index contributed by atoms with van der Waals surface area (Å²) < 4.78 is 5.35. The van der Waals surface area contributed by atoms with Gasteiger partial charge in [-0.05, 0) is 66.3 Å². The van der Waals surface area contributed by atoms with Crippen molar-refractivity contribution in [2.45, 2.75) is 24.8 Å². The molecule has 0 fully saturated rings. The van der Waals surface area contributed by atoms with Crippen LogP contribution in [0, 0.1) is 0 Å². The SMILES string of the molecule is COc1ccc2c(c1)C(N)(c1cc(Cl)ccc1Cl)CCC2. The van der Waals surface area contributed by atoms with Gasteiger partial charge in [0.2, 0.25) is 0 Å². The summed E-state index contributed by atoms with van der Waals surface area (Å²) in [7, 11) is 1.66. The zero-order valence-electron chi connectivity index (χ0n) is 11.8. The second-order valence-electron chi connectivity index (χ2n) is 5.47. The molecule has 1 aliphatic carbocycles. The molecular weight excluding hydrogens is 305 g/mol. The number of fused-ring (bicyclic) bond motifs is 1. The maximum Gasteiger partial charge on any atom is 0.119 e. The van der Waals surface area contributed by atoms with Gasteiger partial charge in [0.1, 0.15) is 5.75 Å². The first-order valence-electron chi connectivity index (χ1n) is 6.96. The van der Waals surface area contributed by atoms with Crippen molar-refractivity contribution in [3.8, 4) is 5.75 Å². The minimum Gasteiger partial charge on any atom is -0.497 e. The van der Waals surface area contributed by atoms with Gasteiger partial charge >= 0.3 is 0 Å². The van der Waals surface area contributed by atoms with Crippen LogP contribution in [0.2, 0.25) is 10.0 Å². The van der Waals surface area contributed by atoms with E-state index in [-0.39, 0.29) is 0 Å². The molecule has 0 saturated heterocycles. The van der Waals surface area contributed by atoms with Crippen molar-refractivity contribution in [1.29, 1.82) is 0 Å². The maximum absolute atomic E-state index is 6.79. The first-order chi connectivity index (χ1) is 10.0. The smallest absolute Gasteiger partial charge is 0.119 e. The molecule has 1 unspecified atom stereocenters. The number of rotatable bonds is 2. The fourth-order valence-electron chi connectivity index (χ4n) is 3.13. The summed E-state index contributed by atoms with van der Waals surface area (Å²) in [6.07, 6.45) is 2.89. The molecule has 3 rings (SSSR count). The molecule has 0 amide bonds. The Morgan fingerprint density at radius 2 is 1.90 bits per heavy atom. The van der Waals surface area contributed by atoms with Crippen LogP contribution >= 0.6 is 23.2 Å². The molecule has 0 spiro atoms. The Labute approximate surface area is 134 Å². The first kappa shape index (κ1) is 14.7. The molecule has 0 radical (unpaired) electrons. The standard InChI is InChI=1S/C17H17Cl2NO/c1-21-13-6-4-11-3-2-8-17(20,14(11)10-13)15-9-12(18)5-7-16(15)19/h4-7,9-10H,2-3,8,20H2,1H3. The van der Waals surface area contributed by atoms with Crippen LogP contribution in [0.4, 0.5) is 0 Å².